The van der Waals surface area contributed by atoms with Gasteiger partial charge in [0.15, 0.2) is 0 Å². The molecule has 1 aromatic heterocycles. The van der Waals surface area contributed by atoms with Gasteiger partial charge in [-0.15, -0.1) is 0 Å². The molecule has 2 heterocycles. The first-order valence-corrected chi connectivity index (χ1v) is 7.17. The van der Waals surface area contributed by atoms with Gasteiger partial charge < -0.3 is 10.0 Å². The first-order chi connectivity index (χ1) is 9.66. The Hall–Kier alpha value is -1.87. The highest BCUT2D eigenvalue weighted by Gasteiger charge is 2.19. The minimum atomic E-state index is -0.467. The number of benzene rings is 1. The lowest BCUT2D eigenvalue weighted by molar-refractivity contribution is 0.198. The predicted octanol–water partition coefficient (Wildman–Crippen LogP) is 3.53. The van der Waals surface area contributed by atoms with Gasteiger partial charge in [0.1, 0.15) is 5.82 Å². The van der Waals surface area contributed by atoms with E-state index < -0.39 is 6.10 Å². The number of rotatable bonds is 2. The molecule has 1 aliphatic rings. The normalized spacial score (nSPS) is 15.8. The van der Waals surface area contributed by atoms with E-state index in [2.05, 4.69) is 40.2 Å². The van der Waals surface area contributed by atoms with Crippen molar-refractivity contribution in [1.82, 2.24) is 4.98 Å². The van der Waals surface area contributed by atoms with E-state index in [1.807, 2.05) is 6.92 Å². The number of hydrogen-bond donors (Lipinski definition) is 1. The highest BCUT2D eigenvalue weighted by Crippen LogP contribution is 2.33. The molecule has 2 aromatic rings. The van der Waals surface area contributed by atoms with Gasteiger partial charge >= 0.3 is 0 Å². The van der Waals surface area contributed by atoms with Gasteiger partial charge in [0.05, 0.1) is 6.10 Å². The fourth-order valence-electron chi connectivity index (χ4n) is 2.91. The summed E-state index contributed by atoms with van der Waals surface area (Å²) in [5, 5.41) is 9.71. The van der Waals surface area contributed by atoms with Gasteiger partial charge in [0.25, 0.3) is 0 Å². The van der Waals surface area contributed by atoms with Crippen LogP contribution in [0.4, 0.5) is 11.5 Å². The molecule has 0 saturated heterocycles. The molecule has 0 radical (unpaired) electrons. The number of anilines is 2. The molecule has 1 aliphatic heterocycles. The highest BCUT2D eigenvalue weighted by molar-refractivity contribution is 5.65. The minimum absolute atomic E-state index is 0.467. The van der Waals surface area contributed by atoms with Crippen molar-refractivity contribution in [2.24, 2.45) is 0 Å². The average Bonchev–Trinajstić information content (AvgIpc) is 2.46. The first kappa shape index (κ1) is 13.1. The topological polar surface area (TPSA) is 36.4 Å². The van der Waals surface area contributed by atoms with Crippen LogP contribution in [0.2, 0.25) is 0 Å². The fraction of sp³-hybridized carbons (Fsp3) is 0.353. The summed E-state index contributed by atoms with van der Waals surface area (Å²) in [4.78, 5) is 6.82. The molecule has 0 spiro atoms. The third-order valence-corrected chi connectivity index (χ3v) is 3.97. The molecule has 1 N–H and O–H groups in total. The number of nitrogens with zero attached hydrogens (tertiary/aromatic N) is 2. The number of aromatic nitrogens is 1. The SMILES string of the molecule is Cc1cc(N2CCCc3ccccc32)ncc1[C@H](C)O. The van der Waals surface area contributed by atoms with Crippen molar-refractivity contribution in [1.29, 1.82) is 0 Å². The predicted molar refractivity (Wildman–Crippen MR) is 81.4 cm³/mol. The van der Waals surface area contributed by atoms with E-state index in [0.717, 1.165) is 36.3 Å². The van der Waals surface area contributed by atoms with E-state index in [1.54, 1.807) is 13.1 Å². The van der Waals surface area contributed by atoms with Gasteiger partial charge in [-0.2, -0.15) is 0 Å². The number of aryl methyl sites for hydroxylation is 2. The van der Waals surface area contributed by atoms with Gasteiger partial charge in [0, 0.05) is 24.0 Å². The Kier molecular flexibility index (Phi) is 3.45. The quantitative estimate of drug-likeness (QED) is 0.905. The van der Waals surface area contributed by atoms with E-state index in [9.17, 15) is 5.11 Å². The monoisotopic (exact) mass is 268 g/mol. The second-order valence-electron chi connectivity index (χ2n) is 5.46. The molecule has 1 atom stereocenters. The summed E-state index contributed by atoms with van der Waals surface area (Å²) in [5.74, 6) is 0.971. The van der Waals surface area contributed by atoms with Gasteiger partial charge in [-0.25, -0.2) is 4.98 Å². The molecule has 1 aromatic carbocycles. The summed E-state index contributed by atoms with van der Waals surface area (Å²) >= 11 is 0. The zero-order valence-electron chi connectivity index (χ0n) is 12.0. The van der Waals surface area contributed by atoms with E-state index >= 15 is 0 Å². The zero-order valence-corrected chi connectivity index (χ0v) is 12.0. The van der Waals surface area contributed by atoms with Crippen LogP contribution in [0.5, 0.6) is 0 Å². The van der Waals surface area contributed by atoms with Crippen molar-refractivity contribution >= 4 is 11.5 Å². The van der Waals surface area contributed by atoms with E-state index in [1.165, 1.54) is 11.3 Å². The molecular formula is C17H20N2O. The van der Waals surface area contributed by atoms with Crippen molar-refractivity contribution in [3.63, 3.8) is 0 Å². The number of pyridine rings is 1. The molecule has 104 valence electrons. The lowest BCUT2D eigenvalue weighted by Gasteiger charge is -2.30. The second kappa shape index (κ2) is 5.25. The lowest BCUT2D eigenvalue weighted by atomic mass is 10.0. The van der Waals surface area contributed by atoms with Crippen LogP contribution in [0, 0.1) is 6.92 Å². The maximum atomic E-state index is 9.71. The van der Waals surface area contributed by atoms with Gasteiger partial charge in [-0.05, 0) is 49.9 Å². The molecule has 0 fully saturated rings. The van der Waals surface area contributed by atoms with Crippen molar-refractivity contribution < 1.29 is 5.11 Å². The lowest BCUT2D eigenvalue weighted by Crippen LogP contribution is -2.25. The van der Waals surface area contributed by atoms with Crippen LogP contribution in [0.3, 0.4) is 0 Å². The molecule has 3 rings (SSSR count). The standard InChI is InChI=1S/C17H20N2O/c1-12-10-17(18-11-15(12)13(2)20)19-9-5-7-14-6-3-4-8-16(14)19/h3-4,6,8,10-11,13,20H,5,7,9H2,1-2H3/t13-/m0/s1. The molecule has 20 heavy (non-hydrogen) atoms. The third-order valence-electron chi connectivity index (χ3n) is 3.97. The van der Waals surface area contributed by atoms with Crippen LogP contribution < -0.4 is 4.90 Å². The Balaban J connectivity index is 2.00. The van der Waals surface area contributed by atoms with Crippen LogP contribution in [-0.4, -0.2) is 16.6 Å². The minimum Gasteiger partial charge on any atom is -0.389 e. The van der Waals surface area contributed by atoms with Crippen molar-refractivity contribution in [3.05, 3.63) is 53.2 Å². The maximum Gasteiger partial charge on any atom is 0.133 e. The number of aliphatic hydroxyl groups is 1. The summed E-state index contributed by atoms with van der Waals surface area (Å²) in [5.41, 5.74) is 4.64. The molecule has 0 amide bonds. The summed E-state index contributed by atoms with van der Waals surface area (Å²) in [6, 6.07) is 10.6. The van der Waals surface area contributed by atoms with Gasteiger partial charge in [0.2, 0.25) is 0 Å². The van der Waals surface area contributed by atoms with Crippen LogP contribution >= 0.6 is 0 Å². The molecule has 0 aliphatic carbocycles. The number of aliphatic hydroxyl groups excluding tert-OH is 1. The van der Waals surface area contributed by atoms with Crippen LogP contribution in [0.25, 0.3) is 0 Å². The summed E-state index contributed by atoms with van der Waals surface area (Å²) in [7, 11) is 0. The zero-order chi connectivity index (χ0) is 14.1. The summed E-state index contributed by atoms with van der Waals surface area (Å²) < 4.78 is 0. The molecular weight excluding hydrogens is 248 g/mol. The smallest absolute Gasteiger partial charge is 0.133 e. The van der Waals surface area contributed by atoms with Gasteiger partial charge in [-0.3, -0.25) is 0 Å². The molecule has 3 nitrogen and oxygen atoms in total. The number of fused-ring (bicyclic) bond motifs is 1. The van der Waals surface area contributed by atoms with Crippen LogP contribution in [-0.2, 0) is 6.42 Å². The van der Waals surface area contributed by atoms with Gasteiger partial charge in [-0.1, -0.05) is 18.2 Å². The van der Waals surface area contributed by atoms with Crippen molar-refractivity contribution in [3.8, 4) is 0 Å². The van der Waals surface area contributed by atoms with E-state index in [-0.39, 0.29) is 0 Å². The van der Waals surface area contributed by atoms with Crippen molar-refractivity contribution in [2.45, 2.75) is 32.8 Å². The first-order valence-electron chi connectivity index (χ1n) is 7.17. The third kappa shape index (κ3) is 2.29. The Morgan fingerprint density at radius 3 is 2.85 bits per heavy atom. The summed E-state index contributed by atoms with van der Waals surface area (Å²) in [6.07, 6.45) is 3.62. The maximum absolute atomic E-state index is 9.71. The molecule has 0 saturated carbocycles. The second-order valence-corrected chi connectivity index (χ2v) is 5.46. The van der Waals surface area contributed by atoms with E-state index in [0.29, 0.717) is 0 Å². The number of hydrogen-bond acceptors (Lipinski definition) is 3. The van der Waals surface area contributed by atoms with Crippen LogP contribution in [0.15, 0.2) is 36.5 Å². The molecule has 0 unspecified atom stereocenters. The largest absolute Gasteiger partial charge is 0.389 e. The highest BCUT2D eigenvalue weighted by atomic mass is 16.3. The molecule has 3 heteroatoms. The van der Waals surface area contributed by atoms with Crippen LogP contribution in [0.1, 0.15) is 36.1 Å². The van der Waals surface area contributed by atoms with Crippen molar-refractivity contribution in [2.75, 3.05) is 11.4 Å². The summed E-state index contributed by atoms with van der Waals surface area (Å²) in [6.45, 7) is 4.81. The Bertz CT molecular complexity index is 622. The Labute approximate surface area is 119 Å². The fourth-order valence-corrected chi connectivity index (χ4v) is 2.91. The Morgan fingerprint density at radius 1 is 1.30 bits per heavy atom. The number of para-hydroxylation sites is 1. The Morgan fingerprint density at radius 2 is 2.10 bits per heavy atom. The molecule has 0 bridgehead atoms. The average molecular weight is 268 g/mol. The van der Waals surface area contributed by atoms with E-state index in [4.69, 9.17) is 0 Å².